The zero-order valence-corrected chi connectivity index (χ0v) is 17.8. The number of halogens is 1. The topological polar surface area (TPSA) is 83.6 Å². The number of hydrogen-bond donors (Lipinski definition) is 1. The molecule has 1 fully saturated rings. The Hall–Kier alpha value is -2.48. The maximum atomic E-state index is 13.3. The molecule has 30 heavy (non-hydrogen) atoms. The van der Waals surface area contributed by atoms with Crippen LogP contribution in [-0.2, 0) is 16.6 Å². The number of nitrogens with one attached hydrogen (secondary N) is 1. The number of Topliss-reactive ketones (excluding diaryl/α,β-unsaturated/α-hetero) is 2. The number of sulfonamides is 1. The van der Waals surface area contributed by atoms with Crippen LogP contribution in [0.5, 0.6) is 0 Å². The zero-order chi connectivity index (χ0) is 21.3. The molecule has 1 heterocycles. The van der Waals surface area contributed by atoms with E-state index in [1.807, 2.05) is 0 Å². The minimum atomic E-state index is -4.26. The molecule has 4 rings (SSSR count). The summed E-state index contributed by atoms with van der Waals surface area (Å²) in [6, 6.07) is 13.2. The molecule has 8 heteroatoms. The van der Waals surface area contributed by atoms with Gasteiger partial charge in [0.05, 0.1) is 0 Å². The van der Waals surface area contributed by atoms with E-state index >= 15 is 0 Å². The van der Waals surface area contributed by atoms with E-state index in [0.717, 1.165) is 19.3 Å². The first kappa shape index (κ1) is 20.8. The Labute approximate surface area is 180 Å². The lowest BCUT2D eigenvalue weighted by molar-refractivity contribution is 0.0939. The van der Waals surface area contributed by atoms with Crippen molar-refractivity contribution in [3.05, 3.63) is 80.8 Å². The molecule has 1 N–H and O–H groups in total. The van der Waals surface area contributed by atoms with Crippen LogP contribution >= 0.6 is 11.6 Å². The minimum absolute atomic E-state index is 0.0231. The fraction of sp³-hybridized carbons (Fsp3) is 0.273. The van der Waals surface area contributed by atoms with Crippen molar-refractivity contribution in [1.29, 1.82) is 0 Å². The second-order valence-electron chi connectivity index (χ2n) is 7.35. The van der Waals surface area contributed by atoms with E-state index in [-0.39, 0.29) is 23.4 Å². The van der Waals surface area contributed by atoms with Gasteiger partial charge in [-0.25, -0.2) is 13.1 Å². The summed E-state index contributed by atoms with van der Waals surface area (Å²) in [6.45, 7) is 1.00. The summed E-state index contributed by atoms with van der Waals surface area (Å²) in [4.78, 5) is 27.8. The van der Waals surface area contributed by atoms with Gasteiger partial charge in [-0.3, -0.25) is 9.59 Å². The Morgan fingerprint density at radius 1 is 0.867 bits per heavy atom. The number of nitrogens with zero attached hydrogens (tertiary/aromatic N) is 1. The van der Waals surface area contributed by atoms with Crippen molar-refractivity contribution in [1.82, 2.24) is 9.62 Å². The van der Waals surface area contributed by atoms with E-state index in [0.29, 0.717) is 23.7 Å². The Kier molecular flexibility index (Phi) is 5.77. The number of piperidine rings is 1. The zero-order valence-electron chi connectivity index (χ0n) is 16.2. The first-order valence-electron chi connectivity index (χ1n) is 9.81. The van der Waals surface area contributed by atoms with Crippen LogP contribution in [-0.4, -0.2) is 38.0 Å². The van der Waals surface area contributed by atoms with Gasteiger partial charge in [0, 0.05) is 35.8 Å². The number of carbonyl (C=O) groups is 2. The van der Waals surface area contributed by atoms with E-state index in [9.17, 15) is 18.0 Å². The second-order valence-corrected chi connectivity index (χ2v) is 9.46. The molecule has 0 saturated carbocycles. The van der Waals surface area contributed by atoms with E-state index in [4.69, 9.17) is 11.6 Å². The van der Waals surface area contributed by atoms with Crippen molar-refractivity contribution in [3.63, 3.8) is 0 Å². The van der Waals surface area contributed by atoms with Crippen LogP contribution < -0.4 is 4.72 Å². The molecule has 2 aromatic rings. The van der Waals surface area contributed by atoms with Gasteiger partial charge in [0.15, 0.2) is 4.91 Å². The molecule has 0 atom stereocenters. The van der Waals surface area contributed by atoms with Crippen molar-refractivity contribution in [3.8, 4) is 0 Å². The molecule has 0 unspecified atom stereocenters. The third kappa shape index (κ3) is 3.80. The molecule has 156 valence electrons. The van der Waals surface area contributed by atoms with Gasteiger partial charge in [0.25, 0.3) is 0 Å². The number of allylic oxidation sites excluding steroid dienone is 2. The first-order valence-corrected chi connectivity index (χ1v) is 11.7. The van der Waals surface area contributed by atoms with Gasteiger partial charge in [-0.1, -0.05) is 54.1 Å². The highest BCUT2D eigenvalue weighted by Crippen LogP contribution is 2.32. The summed E-state index contributed by atoms with van der Waals surface area (Å²) in [5, 5.41) is 0.418. The number of rotatable bonds is 5. The van der Waals surface area contributed by atoms with Crippen LogP contribution in [0.1, 0.15) is 45.5 Å². The Morgan fingerprint density at radius 2 is 1.47 bits per heavy atom. The first-order chi connectivity index (χ1) is 14.4. The van der Waals surface area contributed by atoms with Crippen LogP contribution in [0, 0.1) is 0 Å². The van der Waals surface area contributed by atoms with Gasteiger partial charge in [0.2, 0.25) is 21.6 Å². The fourth-order valence-corrected chi connectivity index (χ4v) is 5.40. The maximum absolute atomic E-state index is 13.3. The Morgan fingerprint density at radius 3 is 2.13 bits per heavy atom. The van der Waals surface area contributed by atoms with Crippen molar-refractivity contribution >= 4 is 33.2 Å². The molecule has 2 aliphatic rings. The van der Waals surface area contributed by atoms with Crippen molar-refractivity contribution < 1.29 is 18.0 Å². The Bertz CT molecular complexity index is 1150. The van der Waals surface area contributed by atoms with E-state index < -0.39 is 26.5 Å². The fourth-order valence-electron chi connectivity index (χ4n) is 3.88. The summed E-state index contributed by atoms with van der Waals surface area (Å²) in [7, 11) is -4.26. The van der Waals surface area contributed by atoms with Gasteiger partial charge in [0.1, 0.15) is 5.70 Å². The number of benzene rings is 2. The second kappa shape index (κ2) is 8.34. The van der Waals surface area contributed by atoms with Crippen LogP contribution in [0.15, 0.2) is 59.1 Å². The summed E-state index contributed by atoms with van der Waals surface area (Å²) in [6.07, 6.45) is 2.69. The predicted octanol–water partition coefficient (Wildman–Crippen LogP) is 3.54. The van der Waals surface area contributed by atoms with E-state index in [2.05, 4.69) is 4.72 Å². The van der Waals surface area contributed by atoms with Gasteiger partial charge in [-0.05, 0) is 30.9 Å². The maximum Gasteiger partial charge on any atom is 0.247 e. The monoisotopic (exact) mass is 444 g/mol. The third-order valence-electron chi connectivity index (χ3n) is 5.40. The highest BCUT2D eigenvalue weighted by Gasteiger charge is 2.41. The number of carbonyl (C=O) groups excluding carboxylic acids is 2. The van der Waals surface area contributed by atoms with Crippen molar-refractivity contribution in [2.75, 3.05) is 13.1 Å². The molecule has 0 radical (unpaired) electrons. The lowest BCUT2D eigenvalue weighted by atomic mass is 9.91. The third-order valence-corrected chi connectivity index (χ3v) is 7.21. The normalized spacial score (nSPS) is 17.3. The molecule has 1 saturated heterocycles. The lowest BCUT2D eigenvalue weighted by Crippen LogP contribution is -2.41. The summed E-state index contributed by atoms with van der Waals surface area (Å²) in [5.41, 5.74) is 0.914. The van der Waals surface area contributed by atoms with E-state index in [1.165, 1.54) is 6.07 Å². The average Bonchev–Trinajstić information content (AvgIpc) is 2.76. The van der Waals surface area contributed by atoms with Gasteiger partial charge in [-0.15, -0.1) is 0 Å². The molecular weight excluding hydrogens is 424 g/mol. The summed E-state index contributed by atoms with van der Waals surface area (Å²) in [5.74, 6) is -1.08. The summed E-state index contributed by atoms with van der Waals surface area (Å²) < 4.78 is 29.0. The summed E-state index contributed by atoms with van der Waals surface area (Å²) >= 11 is 6.13. The molecule has 0 aromatic heterocycles. The molecule has 0 bridgehead atoms. The predicted molar refractivity (Wildman–Crippen MR) is 115 cm³/mol. The standard InChI is InChI=1S/C22H21ClN2O4S/c23-18-11-5-2-8-15(18)14-24-30(28,29)22-19(25-12-6-1-7-13-25)20(26)16-9-3-4-10-17(16)21(22)27/h2-5,8-11,24H,1,6-7,12-14H2. The lowest BCUT2D eigenvalue weighted by Gasteiger charge is -2.33. The van der Waals surface area contributed by atoms with Crippen LogP contribution in [0.3, 0.4) is 0 Å². The molecule has 1 aliphatic heterocycles. The highest BCUT2D eigenvalue weighted by atomic mass is 35.5. The Balaban J connectivity index is 1.78. The highest BCUT2D eigenvalue weighted by molar-refractivity contribution is 7.94. The molecule has 0 spiro atoms. The molecule has 1 aliphatic carbocycles. The molecular formula is C22H21ClN2O4S. The van der Waals surface area contributed by atoms with E-state index in [1.54, 1.807) is 47.4 Å². The quantitative estimate of drug-likeness (QED) is 0.762. The largest absolute Gasteiger partial charge is 0.367 e. The van der Waals surface area contributed by atoms with Gasteiger partial charge < -0.3 is 4.90 Å². The number of ketones is 2. The van der Waals surface area contributed by atoms with Crippen LogP contribution in [0.25, 0.3) is 0 Å². The van der Waals surface area contributed by atoms with Crippen molar-refractivity contribution in [2.24, 2.45) is 0 Å². The minimum Gasteiger partial charge on any atom is -0.367 e. The number of likely N-dealkylation sites (tertiary alicyclic amines) is 1. The average molecular weight is 445 g/mol. The van der Waals surface area contributed by atoms with Gasteiger partial charge in [-0.2, -0.15) is 0 Å². The molecule has 2 aromatic carbocycles. The van der Waals surface area contributed by atoms with Crippen LogP contribution in [0.4, 0.5) is 0 Å². The SMILES string of the molecule is O=C1C(N2CCCCC2)=C(S(=O)(=O)NCc2ccccc2Cl)C(=O)c2ccccc21. The smallest absolute Gasteiger partial charge is 0.247 e. The van der Waals surface area contributed by atoms with Crippen LogP contribution in [0.2, 0.25) is 5.02 Å². The van der Waals surface area contributed by atoms with Crippen molar-refractivity contribution in [2.45, 2.75) is 25.8 Å². The van der Waals surface area contributed by atoms with Gasteiger partial charge >= 0.3 is 0 Å². The molecule has 0 amide bonds. The number of hydrogen-bond acceptors (Lipinski definition) is 5. The number of fused-ring (bicyclic) bond motifs is 1. The molecule has 6 nitrogen and oxygen atoms in total.